The number of carbonyl (C=O) groups is 2. The molecule has 0 unspecified atom stereocenters. The summed E-state index contributed by atoms with van der Waals surface area (Å²) >= 11 is 12.3. The van der Waals surface area contributed by atoms with Gasteiger partial charge in [0, 0.05) is 42.7 Å². The molecule has 1 heterocycles. The van der Waals surface area contributed by atoms with Gasteiger partial charge in [0.15, 0.2) is 0 Å². The molecule has 194 valence electrons. The minimum Gasteiger partial charge on any atom is -0.466 e. The van der Waals surface area contributed by atoms with E-state index in [1.165, 1.54) is 10.9 Å². The lowest BCUT2D eigenvalue weighted by Crippen LogP contribution is -2.44. The Morgan fingerprint density at radius 2 is 1.83 bits per heavy atom. The number of H-pyrrole nitrogens is 1. The number of hydrogen-bond acceptors (Lipinski definition) is 4. The average molecular weight is 533 g/mol. The normalized spacial score (nSPS) is 11.4. The molecule has 6 nitrogen and oxygen atoms in total. The number of aromatic nitrogens is 1. The SMILES string of the molecule is CCOC(=O)CCCN(CC(=O)N(CCc1c[nH]c2ccccc12)Cc1ccc(Cl)c(Cl)c1)C(C)C. The molecule has 0 aliphatic carbocycles. The van der Waals surface area contributed by atoms with Crippen molar-refractivity contribution in [2.45, 2.75) is 52.6 Å². The van der Waals surface area contributed by atoms with E-state index >= 15 is 0 Å². The summed E-state index contributed by atoms with van der Waals surface area (Å²) in [5.74, 6) is -0.168. The van der Waals surface area contributed by atoms with Crippen molar-refractivity contribution in [3.63, 3.8) is 0 Å². The fraction of sp³-hybridized carbons (Fsp3) is 0.429. The summed E-state index contributed by atoms with van der Waals surface area (Å²) in [6.45, 7) is 8.23. The fourth-order valence-electron chi connectivity index (χ4n) is 4.20. The number of nitrogens with zero attached hydrogens (tertiary/aromatic N) is 2. The van der Waals surface area contributed by atoms with Crippen molar-refractivity contribution in [1.82, 2.24) is 14.8 Å². The van der Waals surface area contributed by atoms with Crippen LogP contribution in [0.2, 0.25) is 10.0 Å². The molecule has 0 saturated heterocycles. The lowest BCUT2D eigenvalue weighted by Gasteiger charge is -2.30. The third-order valence-electron chi connectivity index (χ3n) is 6.24. The summed E-state index contributed by atoms with van der Waals surface area (Å²) in [6, 6.07) is 13.8. The molecule has 36 heavy (non-hydrogen) atoms. The van der Waals surface area contributed by atoms with E-state index in [4.69, 9.17) is 27.9 Å². The zero-order chi connectivity index (χ0) is 26.1. The van der Waals surface area contributed by atoms with Crippen LogP contribution in [0.5, 0.6) is 0 Å². The zero-order valence-electron chi connectivity index (χ0n) is 21.2. The van der Waals surface area contributed by atoms with Gasteiger partial charge in [-0.1, -0.05) is 47.5 Å². The maximum atomic E-state index is 13.6. The number of nitrogens with one attached hydrogen (secondary N) is 1. The lowest BCUT2D eigenvalue weighted by molar-refractivity contribution is -0.143. The molecule has 0 radical (unpaired) electrons. The Morgan fingerprint density at radius 3 is 2.56 bits per heavy atom. The Labute approximate surface area is 223 Å². The third-order valence-corrected chi connectivity index (χ3v) is 6.98. The van der Waals surface area contributed by atoms with Gasteiger partial charge in [0.2, 0.25) is 5.91 Å². The van der Waals surface area contributed by atoms with Gasteiger partial charge >= 0.3 is 5.97 Å². The Morgan fingerprint density at radius 1 is 1.06 bits per heavy atom. The number of hydrogen-bond donors (Lipinski definition) is 1. The molecule has 1 N–H and O–H groups in total. The Hall–Kier alpha value is -2.54. The van der Waals surface area contributed by atoms with Gasteiger partial charge in [0.1, 0.15) is 0 Å². The van der Waals surface area contributed by atoms with Crippen molar-refractivity contribution >= 4 is 46.0 Å². The molecule has 1 amide bonds. The zero-order valence-corrected chi connectivity index (χ0v) is 22.7. The fourth-order valence-corrected chi connectivity index (χ4v) is 4.52. The van der Waals surface area contributed by atoms with Crippen LogP contribution in [0.25, 0.3) is 10.9 Å². The summed E-state index contributed by atoms with van der Waals surface area (Å²) in [5, 5.41) is 2.13. The minimum atomic E-state index is -0.201. The van der Waals surface area contributed by atoms with Gasteiger partial charge in [0.25, 0.3) is 0 Å². The third kappa shape index (κ3) is 7.99. The highest BCUT2D eigenvalue weighted by Gasteiger charge is 2.21. The number of para-hydroxylation sites is 1. The first-order valence-corrected chi connectivity index (χ1v) is 13.2. The first-order chi connectivity index (χ1) is 17.3. The average Bonchev–Trinajstić information content (AvgIpc) is 3.26. The van der Waals surface area contributed by atoms with Crippen LogP contribution >= 0.6 is 23.2 Å². The van der Waals surface area contributed by atoms with Crippen LogP contribution < -0.4 is 0 Å². The van der Waals surface area contributed by atoms with Crippen molar-refractivity contribution in [2.75, 3.05) is 26.2 Å². The van der Waals surface area contributed by atoms with Crippen LogP contribution in [0.1, 0.15) is 44.7 Å². The summed E-state index contributed by atoms with van der Waals surface area (Å²) < 4.78 is 5.03. The molecule has 0 aliphatic heterocycles. The van der Waals surface area contributed by atoms with Crippen molar-refractivity contribution < 1.29 is 14.3 Å². The van der Waals surface area contributed by atoms with Crippen LogP contribution in [0.4, 0.5) is 0 Å². The van der Waals surface area contributed by atoms with E-state index in [1.807, 2.05) is 41.4 Å². The molecule has 3 rings (SSSR count). The van der Waals surface area contributed by atoms with Gasteiger partial charge < -0.3 is 14.6 Å². The van der Waals surface area contributed by atoms with Gasteiger partial charge in [0.05, 0.1) is 23.2 Å². The van der Waals surface area contributed by atoms with E-state index in [0.29, 0.717) is 49.1 Å². The van der Waals surface area contributed by atoms with E-state index in [-0.39, 0.29) is 24.5 Å². The summed E-state index contributed by atoms with van der Waals surface area (Å²) in [5.41, 5.74) is 3.19. The van der Waals surface area contributed by atoms with Gasteiger partial charge in [-0.3, -0.25) is 14.5 Å². The highest BCUT2D eigenvalue weighted by molar-refractivity contribution is 6.42. The van der Waals surface area contributed by atoms with Crippen molar-refractivity contribution in [2.24, 2.45) is 0 Å². The van der Waals surface area contributed by atoms with Crippen LogP contribution in [0.3, 0.4) is 0 Å². The summed E-state index contributed by atoms with van der Waals surface area (Å²) in [7, 11) is 0. The molecule has 0 atom stereocenters. The number of esters is 1. The monoisotopic (exact) mass is 531 g/mol. The number of benzene rings is 2. The van der Waals surface area contributed by atoms with E-state index in [0.717, 1.165) is 17.5 Å². The smallest absolute Gasteiger partial charge is 0.305 e. The van der Waals surface area contributed by atoms with E-state index < -0.39 is 0 Å². The first-order valence-electron chi connectivity index (χ1n) is 12.4. The molecule has 2 aromatic carbocycles. The van der Waals surface area contributed by atoms with Crippen LogP contribution in [-0.4, -0.2) is 58.9 Å². The number of fused-ring (bicyclic) bond motifs is 1. The molecule has 0 saturated carbocycles. The number of amides is 1. The van der Waals surface area contributed by atoms with E-state index in [9.17, 15) is 9.59 Å². The molecular formula is C28H35Cl2N3O3. The molecule has 0 aliphatic rings. The second kappa shape index (κ2) is 13.7. The standard InChI is InChI=1S/C28H35Cl2N3O3/c1-4-36-28(35)10-7-14-32(20(2)3)19-27(34)33(18-21-11-12-24(29)25(30)16-21)15-13-22-17-31-26-9-6-5-8-23(22)26/h5-6,8-9,11-12,16-17,20,31H,4,7,10,13-15,18-19H2,1-3H3. The molecule has 1 aromatic heterocycles. The van der Waals surface area contributed by atoms with E-state index in [1.54, 1.807) is 13.0 Å². The molecule has 3 aromatic rings. The number of carbonyl (C=O) groups excluding carboxylic acids is 2. The second-order valence-corrected chi connectivity index (χ2v) is 9.96. The minimum absolute atomic E-state index is 0.0331. The van der Waals surface area contributed by atoms with Crippen LogP contribution in [0, 0.1) is 0 Å². The number of ether oxygens (including phenoxy) is 1. The Kier molecular flexibility index (Phi) is 10.7. The highest BCUT2D eigenvalue weighted by atomic mass is 35.5. The number of rotatable bonds is 13. The maximum absolute atomic E-state index is 13.6. The highest BCUT2D eigenvalue weighted by Crippen LogP contribution is 2.24. The quantitative estimate of drug-likeness (QED) is 0.270. The summed E-state index contributed by atoms with van der Waals surface area (Å²) in [6.07, 6.45) is 3.73. The van der Waals surface area contributed by atoms with E-state index in [2.05, 4.69) is 29.8 Å². The topological polar surface area (TPSA) is 65.6 Å². The van der Waals surface area contributed by atoms with Crippen LogP contribution in [-0.2, 0) is 27.3 Å². The Bertz CT molecular complexity index is 1160. The lowest BCUT2D eigenvalue weighted by atomic mass is 10.1. The maximum Gasteiger partial charge on any atom is 0.305 e. The molecular weight excluding hydrogens is 497 g/mol. The predicted octanol–water partition coefficient (Wildman–Crippen LogP) is 6.10. The molecule has 0 spiro atoms. The van der Waals surface area contributed by atoms with Crippen molar-refractivity contribution in [3.05, 3.63) is 69.8 Å². The summed E-state index contributed by atoms with van der Waals surface area (Å²) in [4.78, 5) is 32.6. The first kappa shape index (κ1) is 28.0. The largest absolute Gasteiger partial charge is 0.466 e. The second-order valence-electron chi connectivity index (χ2n) is 9.15. The van der Waals surface area contributed by atoms with Crippen molar-refractivity contribution in [3.8, 4) is 0 Å². The van der Waals surface area contributed by atoms with Gasteiger partial charge in [-0.15, -0.1) is 0 Å². The predicted molar refractivity (Wildman–Crippen MR) is 146 cm³/mol. The number of halogens is 2. The molecule has 8 heteroatoms. The van der Waals surface area contributed by atoms with Gasteiger partial charge in [-0.05, 0) is 69.5 Å². The van der Waals surface area contributed by atoms with Crippen molar-refractivity contribution in [1.29, 1.82) is 0 Å². The van der Waals surface area contributed by atoms with Gasteiger partial charge in [-0.2, -0.15) is 0 Å². The number of aromatic amines is 1. The molecule has 0 fully saturated rings. The van der Waals surface area contributed by atoms with Crippen LogP contribution in [0.15, 0.2) is 48.7 Å². The Balaban J connectivity index is 1.72. The van der Waals surface area contributed by atoms with Gasteiger partial charge in [-0.25, -0.2) is 0 Å². The molecule has 0 bridgehead atoms.